The van der Waals surface area contributed by atoms with Gasteiger partial charge in [-0.1, -0.05) is 12.1 Å². The lowest BCUT2D eigenvalue weighted by atomic mass is 10.0. The molecule has 0 aliphatic carbocycles. The molecule has 0 amide bonds. The van der Waals surface area contributed by atoms with E-state index in [-0.39, 0.29) is 5.56 Å². The van der Waals surface area contributed by atoms with E-state index in [4.69, 9.17) is 5.11 Å². The van der Waals surface area contributed by atoms with Crippen LogP contribution in [0, 0.1) is 17.0 Å². The summed E-state index contributed by atoms with van der Waals surface area (Å²) in [6, 6.07) is 3.43. The Hall–Kier alpha value is -1.63. The van der Waals surface area contributed by atoms with Crippen LogP contribution in [0.15, 0.2) is 18.2 Å². The lowest BCUT2D eigenvalue weighted by Crippen LogP contribution is -2.21. The molecule has 0 saturated heterocycles. The van der Waals surface area contributed by atoms with E-state index in [1.165, 1.54) is 19.1 Å². The van der Waals surface area contributed by atoms with Gasteiger partial charge in [-0.05, 0) is 13.0 Å². The van der Waals surface area contributed by atoms with Crippen LogP contribution in [0.1, 0.15) is 17.2 Å². The Morgan fingerprint density at radius 2 is 2.00 bits per heavy atom. The van der Waals surface area contributed by atoms with Gasteiger partial charge in [0.1, 0.15) is 0 Å². The molecule has 16 heavy (non-hydrogen) atoms. The van der Waals surface area contributed by atoms with Crippen molar-refractivity contribution in [3.05, 3.63) is 39.4 Å². The molecule has 1 rings (SSSR count). The molecule has 0 aliphatic heterocycles. The highest BCUT2D eigenvalue weighted by atomic mass is 19.4. The first-order chi connectivity index (χ1) is 7.25. The molecule has 1 atom stereocenters. The van der Waals surface area contributed by atoms with Gasteiger partial charge in [-0.15, -0.1) is 0 Å². The quantitative estimate of drug-likeness (QED) is 0.632. The van der Waals surface area contributed by atoms with Gasteiger partial charge in [0.15, 0.2) is 6.10 Å². The molecule has 0 radical (unpaired) electrons. The molecule has 0 aliphatic rings. The molecule has 0 aromatic heterocycles. The van der Waals surface area contributed by atoms with Crippen molar-refractivity contribution >= 4 is 5.69 Å². The molecule has 88 valence electrons. The number of hydrogen-bond donors (Lipinski definition) is 1. The second-order valence-electron chi connectivity index (χ2n) is 3.21. The fourth-order valence-corrected chi connectivity index (χ4v) is 1.33. The highest BCUT2D eigenvalue weighted by Crippen LogP contribution is 2.37. The van der Waals surface area contributed by atoms with Gasteiger partial charge in [0.2, 0.25) is 0 Å². The van der Waals surface area contributed by atoms with Gasteiger partial charge in [0.25, 0.3) is 5.69 Å². The van der Waals surface area contributed by atoms with Crippen molar-refractivity contribution in [2.24, 2.45) is 0 Å². The summed E-state index contributed by atoms with van der Waals surface area (Å²) in [7, 11) is 0. The topological polar surface area (TPSA) is 63.4 Å². The van der Waals surface area contributed by atoms with E-state index in [0.717, 1.165) is 6.07 Å². The van der Waals surface area contributed by atoms with Crippen LogP contribution in [0.4, 0.5) is 18.9 Å². The van der Waals surface area contributed by atoms with Gasteiger partial charge in [0, 0.05) is 5.56 Å². The molecule has 1 unspecified atom stereocenters. The summed E-state index contributed by atoms with van der Waals surface area (Å²) in [5, 5.41) is 19.6. The van der Waals surface area contributed by atoms with Crippen LogP contribution in [0.25, 0.3) is 0 Å². The van der Waals surface area contributed by atoms with Crippen LogP contribution in [0.2, 0.25) is 0 Å². The fourth-order valence-electron chi connectivity index (χ4n) is 1.33. The van der Waals surface area contributed by atoms with Gasteiger partial charge < -0.3 is 5.11 Å². The number of aryl methyl sites for hydroxylation is 1. The number of nitro benzene ring substituents is 1. The molecular weight excluding hydrogens is 227 g/mol. The number of para-hydroxylation sites is 1. The number of benzene rings is 1. The van der Waals surface area contributed by atoms with E-state index in [1.807, 2.05) is 0 Å². The predicted octanol–water partition coefficient (Wildman–Crippen LogP) is 2.50. The monoisotopic (exact) mass is 235 g/mol. The summed E-state index contributed by atoms with van der Waals surface area (Å²) in [6.45, 7) is 1.31. The summed E-state index contributed by atoms with van der Waals surface area (Å²) in [5.41, 5.74) is -1.37. The van der Waals surface area contributed by atoms with Crippen LogP contribution >= 0.6 is 0 Å². The second kappa shape index (κ2) is 4.09. The van der Waals surface area contributed by atoms with Crippen molar-refractivity contribution in [3.8, 4) is 0 Å². The van der Waals surface area contributed by atoms with E-state index in [1.54, 1.807) is 0 Å². The van der Waals surface area contributed by atoms with Crippen molar-refractivity contribution in [1.82, 2.24) is 0 Å². The number of hydrogen-bond acceptors (Lipinski definition) is 3. The number of rotatable bonds is 2. The number of aliphatic hydroxyl groups excluding tert-OH is 1. The van der Waals surface area contributed by atoms with Crippen LogP contribution in [0.3, 0.4) is 0 Å². The minimum absolute atomic E-state index is 0.0748. The minimum atomic E-state index is -4.92. The number of halogens is 3. The molecule has 0 spiro atoms. The molecule has 0 fully saturated rings. The number of aliphatic hydroxyl groups is 1. The summed E-state index contributed by atoms with van der Waals surface area (Å²) in [5.74, 6) is 0. The van der Waals surface area contributed by atoms with Crippen molar-refractivity contribution in [2.75, 3.05) is 0 Å². The summed E-state index contributed by atoms with van der Waals surface area (Å²) in [4.78, 5) is 9.67. The Bertz CT molecular complexity index is 417. The van der Waals surface area contributed by atoms with E-state index in [9.17, 15) is 23.3 Å². The Labute approximate surface area is 88.5 Å². The van der Waals surface area contributed by atoms with Gasteiger partial charge >= 0.3 is 6.18 Å². The third kappa shape index (κ3) is 2.30. The molecule has 0 bridgehead atoms. The van der Waals surface area contributed by atoms with Crippen molar-refractivity contribution in [1.29, 1.82) is 0 Å². The van der Waals surface area contributed by atoms with E-state index in [2.05, 4.69) is 0 Å². The first-order valence-corrected chi connectivity index (χ1v) is 4.24. The Balaban J connectivity index is 3.34. The molecule has 1 N–H and O–H groups in total. The smallest absolute Gasteiger partial charge is 0.379 e. The summed E-state index contributed by atoms with van der Waals surface area (Å²) < 4.78 is 36.7. The second-order valence-corrected chi connectivity index (χ2v) is 3.21. The average Bonchev–Trinajstić information content (AvgIpc) is 2.14. The van der Waals surface area contributed by atoms with Crippen molar-refractivity contribution in [2.45, 2.75) is 19.2 Å². The molecule has 1 aromatic carbocycles. The molecule has 0 saturated carbocycles. The third-order valence-corrected chi connectivity index (χ3v) is 2.06. The van der Waals surface area contributed by atoms with Crippen LogP contribution < -0.4 is 0 Å². The van der Waals surface area contributed by atoms with Crippen molar-refractivity contribution < 1.29 is 23.2 Å². The SMILES string of the molecule is Cc1cccc(C(O)C(F)(F)F)c1[N+](=O)[O-]. The Morgan fingerprint density at radius 1 is 1.44 bits per heavy atom. The van der Waals surface area contributed by atoms with Gasteiger partial charge in [0.05, 0.1) is 10.5 Å². The lowest BCUT2D eigenvalue weighted by Gasteiger charge is -2.15. The average molecular weight is 235 g/mol. The highest BCUT2D eigenvalue weighted by Gasteiger charge is 2.42. The van der Waals surface area contributed by atoms with Gasteiger partial charge in [-0.2, -0.15) is 13.2 Å². The molecular formula is C9H8F3NO3. The number of nitrogens with zero attached hydrogens (tertiary/aromatic N) is 1. The van der Waals surface area contributed by atoms with Crippen LogP contribution in [0.5, 0.6) is 0 Å². The number of nitro groups is 1. The molecule has 7 heteroatoms. The maximum absolute atomic E-state index is 12.2. The first-order valence-electron chi connectivity index (χ1n) is 4.24. The zero-order valence-corrected chi connectivity index (χ0v) is 8.15. The van der Waals surface area contributed by atoms with Crippen molar-refractivity contribution in [3.63, 3.8) is 0 Å². The summed E-state index contributed by atoms with van der Waals surface area (Å²) >= 11 is 0. The lowest BCUT2D eigenvalue weighted by molar-refractivity contribution is -0.387. The zero-order chi connectivity index (χ0) is 12.5. The van der Waals surface area contributed by atoms with Crippen LogP contribution in [-0.2, 0) is 0 Å². The van der Waals surface area contributed by atoms with E-state index >= 15 is 0 Å². The van der Waals surface area contributed by atoms with Gasteiger partial charge in [-0.3, -0.25) is 10.1 Å². The van der Waals surface area contributed by atoms with Gasteiger partial charge in [-0.25, -0.2) is 0 Å². The molecule has 0 heterocycles. The minimum Gasteiger partial charge on any atom is -0.379 e. The fraction of sp³-hybridized carbons (Fsp3) is 0.333. The summed E-state index contributed by atoms with van der Waals surface area (Å²) in [6.07, 6.45) is -7.76. The maximum atomic E-state index is 12.2. The first kappa shape index (κ1) is 12.4. The molecule has 4 nitrogen and oxygen atoms in total. The largest absolute Gasteiger partial charge is 0.418 e. The Kier molecular flexibility index (Phi) is 3.18. The maximum Gasteiger partial charge on any atom is 0.418 e. The predicted molar refractivity (Wildman–Crippen MR) is 48.8 cm³/mol. The normalized spacial score (nSPS) is 13.6. The third-order valence-electron chi connectivity index (χ3n) is 2.06. The van der Waals surface area contributed by atoms with E-state index < -0.39 is 28.5 Å². The Morgan fingerprint density at radius 3 is 2.44 bits per heavy atom. The van der Waals surface area contributed by atoms with E-state index in [0.29, 0.717) is 0 Å². The number of alkyl halides is 3. The van der Waals surface area contributed by atoms with Crippen LogP contribution in [-0.4, -0.2) is 16.2 Å². The standard InChI is InChI=1S/C9H8F3NO3/c1-5-3-2-4-6(7(5)13(15)16)8(14)9(10,11)12/h2-4,8,14H,1H3. The molecule has 1 aromatic rings. The highest BCUT2D eigenvalue weighted by molar-refractivity contribution is 5.48. The zero-order valence-electron chi connectivity index (χ0n) is 8.15.